The summed E-state index contributed by atoms with van der Waals surface area (Å²) >= 11 is 0. The summed E-state index contributed by atoms with van der Waals surface area (Å²) in [6.07, 6.45) is 3.84. The Morgan fingerprint density at radius 2 is 1.79 bits per heavy atom. The van der Waals surface area contributed by atoms with Crippen molar-refractivity contribution < 1.29 is 14.3 Å². The van der Waals surface area contributed by atoms with Crippen molar-refractivity contribution in [2.24, 2.45) is 0 Å². The SMILES string of the molecule is C=C(C=Cc1ccccc1)NOCCOCc1ccc(OC)cc1. The summed E-state index contributed by atoms with van der Waals surface area (Å²) in [5, 5.41) is 0. The number of nitrogens with one attached hydrogen (secondary N) is 1. The van der Waals surface area contributed by atoms with Gasteiger partial charge in [0.05, 0.1) is 32.6 Å². The average Bonchev–Trinajstić information content (AvgIpc) is 2.64. The molecule has 0 atom stereocenters. The Morgan fingerprint density at radius 1 is 1.04 bits per heavy atom. The van der Waals surface area contributed by atoms with E-state index in [-0.39, 0.29) is 0 Å². The first-order valence-corrected chi connectivity index (χ1v) is 7.78. The smallest absolute Gasteiger partial charge is 0.118 e. The molecule has 0 radical (unpaired) electrons. The third-order valence-electron chi connectivity index (χ3n) is 3.24. The number of methoxy groups -OCH3 is 1. The van der Waals surface area contributed by atoms with Gasteiger partial charge in [0, 0.05) is 0 Å². The van der Waals surface area contributed by atoms with Crippen LogP contribution in [0.5, 0.6) is 5.75 Å². The fourth-order valence-corrected chi connectivity index (χ4v) is 1.95. The Morgan fingerprint density at radius 3 is 2.50 bits per heavy atom. The average molecular weight is 325 g/mol. The second kappa shape index (κ2) is 10.3. The van der Waals surface area contributed by atoms with Gasteiger partial charge < -0.3 is 9.47 Å². The number of hydroxylamine groups is 1. The summed E-state index contributed by atoms with van der Waals surface area (Å²) in [6, 6.07) is 17.8. The Bertz CT molecular complexity index is 636. The van der Waals surface area contributed by atoms with Crippen molar-refractivity contribution in [1.29, 1.82) is 0 Å². The Labute approximate surface area is 143 Å². The molecule has 2 aromatic carbocycles. The highest BCUT2D eigenvalue weighted by atomic mass is 16.7. The zero-order valence-electron chi connectivity index (χ0n) is 13.9. The van der Waals surface area contributed by atoms with E-state index in [1.54, 1.807) is 7.11 Å². The number of benzene rings is 2. The lowest BCUT2D eigenvalue weighted by molar-refractivity contribution is 0.00548. The van der Waals surface area contributed by atoms with Crippen molar-refractivity contribution >= 4 is 6.08 Å². The van der Waals surface area contributed by atoms with E-state index in [0.717, 1.165) is 16.9 Å². The van der Waals surface area contributed by atoms with Gasteiger partial charge in [0.1, 0.15) is 5.75 Å². The van der Waals surface area contributed by atoms with E-state index in [0.29, 0.717) is 25.5 Å². The van der Waals surface area contributed by atoms with Crippen LogP contribution < -0.4 is 10.2 Å². The van der Waals surface area contributed by atoms with Gasteiger partial charge in [-0.3, -0.25) is 10.3 Å². The fourth-order valence-electron chi connectivity index (χ4n) is 1.95. The lowest BCUT2D eigenvalue weighted by Crippen LogP contribution is -2.15. The molecular formula is C20H23NO3. The second-order valence-electron chi connectivity index (χ2n) is 5.12. The second-order valence-corrected chi connectivity index (χ2v) is 5.12. The molecular weight excluding hydrogens is 302 g/mol. The summed E-state index contributed by atoms with van der Waals surface area (Å²) < 4.78 is 10.7. The van der Waals surface area contributed by atoms with Gasteiger partial charge in [-0.05, 0) is 29.3 Å². The lowest BCUT2D eigenvalue weighted by Gasteiger charge is -2.08. The molecule has 0 aliphatic rings. The summed E-state index contributed by atoms with van der Waals surface area (Å²) in [7, 11) is 1.65. The molecule has 0 heterocycles. The maximum Gasteiger partial charge on any atom is 0.118 e. The molecule has 4 nitrogen and oxygen atoms in total. The zero-order chi connectivity index (χ0) is 17.0. The molecule has 1 N–H and O–H groups in total. The molecule has 0 saturated heterocycles. The largest absolute Gasteiger partial charge is 0.497 e. The van der Waals surface area contributed by atoms with Gasteiger partial charge in [0.2, 0.25) is 0 Å². The minimum Gasteiger partial charge on any atom is -0.497 e. The van der Waals surface area contributed by atoms with Crippen LogP contribution in [0.1, 0.15) is 11.1 Å². The molecule has 0 amide bonds. The van der Waals surface area contributed by atoms with Crippen LogP contribution in [0.2, 0.25) is 0 Å². The van der Waals surface area contributed by atoms with Crippen LogP contribution in [0.15, 0.2) is 72.9 Å². The minimum absolute atomic E-state index is 0.439. The molecule has 0 fully saturated rings. The van der Waals surface area contributed by atoms with Crippen molar-refractivity contribution in [3.8, 4) is 5.75 Å². The predicted octanol–water partition coefficient (Wildman–Crippen LogP) is 3.96. The summed E-state index contributed by atoms with van der Waals surface area (Å²) in [5.41, 5.74) is 5.69. The predicted molar refractivity (Wildman–Crippen MR) is 96.4 cm³/mol. The van der Waals surface area contributed by atoms with Gasteiger partial charge >= 0.3 is 0 Å². The molecule has 0 aliphatic heterocycles. The third-order valence-corrected chi connectivity index (χ3v) is 3.24. The first-order chi connectivity index (χ1) is 11.8. The van der Waals surface area contributed by atoms with Crippen LogP contribution in [-0.4, -0.2) is 20.3 Å². The molecule has 0 aromatic heterocycles. The highest BCUT2D eigenvalue weighted by molar-refractivity contribution is 5.51. The summed E-state index contributed by atoms with van der Waals surface area (Å²) in [6.45, 7) is 5.35. The topological polar surface area (TPSA) is 39.7 Å². The molecule has 0 spiro atoms. The van der Waals surface area contributed by atoms with Crippen LogP contribution in [0.3, 0.4) is 0 Å². The first kappa shape index (κ1) is 17.8. The van der Waals surface area contributed by atoms with Crippen molar-refractivity contribution in [2.45, 2.75) is 6.61 Å². The van der Waals surface area contributed by atoms with Crippen molar-refractivity contribution in [3.05, 3.63) is 84.1 Å². The van der Waals surface area contributed by atoms with Crippen LogP contribution in [0.25, 0.3) is 6.08 Å². The normalized spacial score (nSPS) is 10.7. The number of rotatable bonds is 10. The van der Waals surface area contributed by atoms with Gasteiger partial charge in [-0.25, -0.2) is 0 Å². The van der Waals surface area contributed by atoms with Crippen LogP contribution in [-0.2, 0) is 16.2 Å². The van der Waals surface area contributed by atoms with Crippen molar-refractivity contribution in [3.63, 3.8) is 0 Å². The van der Waals surface area contributed by atoms with E-state index in [2.05, 4.69) is 12.1 Å². The van der Waals surface area contributed by atoms with Crippen LogP contribution in [0.4, 0.5) is 0 Å². The Kier molecular flexibility index (Phi) is 7.60. The molecule has 126 valence electrons. The molecule has 4 heteroatoms. The van der Waals surface area contributed by atoms with Gasteiger partial charge in [-0.15, -0.1) is 0 Å². The van der Waals surface area contributed by atoms with E-state index in [1.165, 1.54) is 0 Å². The Hall–Kier alpha value is -2.56. The first-order valence-electron chi connectivity index (χ1n) is 7.78. The highest BCUT2D eigenvalue weighted by Crippen LogP contribution is 2.11. The Balaban J connectivity index is 1.56. The minimum atomic E-state index is 0.439. The number of hydrogen-bond acceptors (Lipinski definition) is 4. The monoisotopic (exact) mass is 325 g/mol. The molecule has 24 heavy (non-hydrogen) atoms. The fraction of sp³-hybridized carbons (Fsp3) is 0.200. The van der Waals surface area contributed by atoms with E-state index in [9.17, 15) is 0 Å². The van der Waals surface area contributed by atoms with E-state index >= 15 is 0 Å². The van der Waals surface area contributed by atoms with Crippen molar-refractivity contribution in [2.75, 3.05) is 20.3 Å². The number of allylic oxidation sites excluding steroid dienone is 1. The van der Waals surface area contributed by atoms with Gasteiger partial charge in [0.25, 0.3) is 0 Å². The van der Waals surface area contributed by atoms with Gasteiger partial charge in [-0.1, -0.05) is 55.1 Å². The third kappa shape index (κ3) is 6.69. The molecule has 2 aromatic rings. The lowest BCUT2D eigenvalue weighted by atomic mass is 10.2. The molecule has 2 rings (SSSR count). The van der Waals surface area contributed by atoms with Crippen LogP contribution in [0, 0.1) is 0 Å². The molecule has 0 bridgehead atoms. The standard InChI is InChI=1S/C20H23NO3/c1-17(8-9-18-6-4-3-5-7-18)21-24-15-14-23-16-19-10-12-20(22-2)13-11-19/h3-13,21H,1,14-16H2,2H3. The van der Waals surface area contributed by atoms with E-state index in [4.69, 9.17) is 14.3 Å². The number of hydrogen-bond donors (Lipinski definition) is 1. The maximum absolute atomic E-state index is 5.55. The summed E-state index contributed by atoms with van der Waals surface area (Å²) in [4.78, 5) is 5.31. The van der Waals surface area contributed by atoms with Crippen molar-refractivity contribution in [1.82, 2.24) is 5.48 Å². The maximum atomic E-state index is 5.55. The van der Waals surface area contributed by atoms with E-state index < -0.39 is 0 Å². The quantitative estimate of drug-likeness (QED) is 0.408. The number of ether oxygens (including phenoxy) is 2. The van der Waals surface area contributed by atoms with E-state index in [1.807, 2.05) is 66.7 Å². The molecule has 0 aliphatic carbocycles. The zero-order valence-corrected chi connectivity index (χ0v) is 13.9. The van der Waals surface area contributed by atoms with Gasteiger partial charge in [-0.2, -0.15) is 0 Å². The van der Waals surface area contributed by atoms with Gasteiger partial charge in [0.15, 0.2) is 0 Å². The van der Waals surface area contributed by atoms with Crippen LogP contribution >= 0.6 is 0 Å². The molecule has 0 saturated carbocycles. The highest BCUT2D eigenvalue weighted by Gasteiger charge is 1.95. The summed E-state index contributed by atoms with van der Waals surface area (Å²) in [5.74, 6) is 0.841. The molecule has 0 unspecified atom stereocenters.